The van der Waals surface area contributed by atoms with Crippen molar-refractivity contribution in [3.8, 4) is 11.1 Å². The van der Waals surface area contributed by atoms with Crippen molar-refractivity contribution in [1.82, 2.24) is 26.6 Å². The molecule has 0 aromatic heterocycles. The molecule has 5 amide bonds. The Bertz CT molecular complexity index is 1790. The zero-order chi connectivity index (χ0) is 49.1. The Morgan fingerprint density at radius 1 is 0.522 bits per heavy atom. The Balaban J connectivity index is 1.55. The Morgan fingerprint density at radius 3 is 1.63 bits per heavy atom. The lowest BCUT2D eigenvalue weighted by Crippen LogP contribution is -2.54. The van der Waals surface area contributed by atoms with Crippen molar-refractivity contribution in [3.05, 3.63) is 59.7 Å². The summed E-state index contributed by atoms with van der Waals surface area (Å²) < 4.78 is 16.6. The zero-order valence-electron chi connectivity index (χ0n) is 41.8. The van der Waals surface area contributed by atoms with Gasteiger partial charge < -0.3 is 40.8 Å². The normalized spacial score (nSPS) is 13.1. The molecular weight excluding hydrogens is 851 g/mol. The summed E-state index contributed by atoms with van der Waals surface area (Å²) in [5, 5.41) is 14.2. The summed E-state index contributed by atoms with van der Waals surface area (Å²) in [6.07, 6.45) is 14.3. The quantitative estimate of drug-likeness (QED) is 0.0278. The van der Waals surface area contributed by atoms with Crippen molar-refractivity contribution < 1.29 is 43.0 Å². The third-order valence-corrected chi connectivity index (χ3v) is 11.5. The molecule has 0 aliphatic heterocycles. The fourth-order valence-corrected chi connectivity index (χ4v) is 8.08. The van der Waals surface area contributed by atoms with Crippen LogP contribution < -0.4 is 26.6 Å². The molecule has 2 atom stereocenters. The number of carbonyl (C=O) groups is 6. The van der Waals surface area contributed by atoms with Crippen LogP contribution in [0.4, 0.5) is 9.59 Å². The highest BCUT2D eigenvalue weighted by atomic mass is 16.6. The second-order valence-corrected chi connectivity index (χ2v) is 19.8. The first-order valence-electron chi connectivity index (χ1n) is 25.1. The highest BCUT2D eigenvalue weighted by Crippen LogP contribution is 2.44. The fourth-order valence-electron chi connectivity index (χ4n) is 8.08. The van der Waals surface area contributed by atoms with E-state index in [0.717, 1.165) is 54.4 Å². The van der Waals surface area contributed by atoms with Crippen LogP contribution in [0.15, 0.2) is 48.5 Å². The molecule has 1 aliphatic carbocycles. The molecule has 0 saturated heterocycles. The number of carbonyl (C=O) groups excluding carboxylic acids is 6. The van der Waals surface area contributed by atoms with E-state index in [0.29, 0.717) is 38.8 Å². The van der Waals surface area contributed by atoms with Gasteiger partial charge in [-0.3, -0.25) is 19.2 Å². The molecule has 1 aliphatic rings. The molecule has 0 fully saturated rings. The lowest BCUT2D eigenvalue weighted by molar-refractivity contribution is -0.155. The summed E-state index contributed by atoms with van der Waals surface area (Å²) in [5.41, 5.74) is 2.87. The van der Waals surface area contributed by atoms with E-state index in [2.05, 4.69) is 33.5 Å². The van der Waals surface area contributed by atoms with E-state index < -0.39 is 53.3 Å². The molecule has 14 nitrogen and oxygen atoms in total. The van der Waals surface area contributed by atoms with E-state index >= 15 is 0 Å². The van der Waals surface area contributed by atoms with Gasteiger partial charge in [0.05, 0.1) is 0 Å². The first-order valence-corrected chi connectivity index (χ1v) is 25.1. The Hall–Kier alpha value is -5.14. The minimum atomic E-state index is -1.10. The largest absolute Gasteiger partial charge is 0.460 e. The van der Waals surface area contributed by atoms with Gasteiger partial charge in [0.1, 0.15) is 29.9 Å². The number of unbranched alkanes of at least 4 members (excludes halogenated alkanes) is 12. The minimum Gasteiger partial charge on any atom is -0.460 e. The van der Waals surface area contributed by atoms with Crippen molar-refractivity contribution in [1.29, 1.82) is 0 Å². The van der Waals surface area contributed by atoms with E-state index in [4.69, 9.17) is 14.2 Å². The first-order chi connectivity index (χ1) is 32.0. The molecule has 374 valence electrons. The molecule has 14 heteroatoms. The average molecular weight is 934 g/mol. The summed E-state index contributed by atoms with van der Waals surface area (Å²) in [5.74, 6) is -1.67. The number of alkyl carbamates (subject to hydrolysis) is 2. The molecule has 0 heterocycles. The Labute approximate surface area is 401 Å². The molecule has 0 bridgehead atoms. The standard InChI is InChI=1S/C53H83N5O9/c1-8-9-10-11-12-13-14-15-18-32-46(59)54-35-24-16-17-25-36-55-48(61)45(33-34-47(60)66-52(2,3)4)57-49(62)44(31-23-26-37-56-50(63)67-53(5,6)7)58-51(64)65-38-43-41-29-21-19-27-39(41)40-28-20-22-30-42(40)43/h19-22,27-30,43-45H,8-18,23-26,31-38H2,1-7H3,(H,54,59)(H,55,61)(H,56,63)(H,57,62)(H,58,64). The molecule has 67 heavy (non-hydrogen) atoms. The van der Waals surface area contributed by atoms with Gasteiger partial charge in [0, 0.05) is 38.4 Å². The maximum absolute atomic E-state index is 14.1. The van der Waals surface area contributed by atoms with Gasteiger partial charge in [0.15, 0.2) is 0 Å². The van der Waals surface area contributed by atoms with Gasteiger partial charge in [0.2, 0.25) is 17.7 Å². The average Bonchev–Trinajstić information content (AvgIpc) is 3.58. The number of amides is 5. The van der Waals surface area contributed by atoms with Crippen LogP contribution in [0.25, 0.3) is 11.1 Å². The predicted molar refractivity (Wildman–Crippen MR) is 263 cm³/mol. The van der Waals surface area contributed by atoms with Crippen molar-refractivity contribution >= 4 is 35.9 Å². The van der Waals surface area contributed by atoms with Crippen LogP contribution in [0.3, 0.4) is 0 Å². The van der Waals surface area contributed by atoms with Crippen LogP contribution in [-0.4, -0.2) is 85.4 Å². The Morgan fingerprint density at radius 2 is 1.03 bits per heavy atom. The van der Waals surface area contributed by atoms with Gasteiger partial charge in [-0.05, 0) is 109 Å². The Kier molecular flexibility index (Phi) is 25.4. The summed E-state index contributed by atoms with van der Waals surface area (Å²) in [7, 11) is 0. The van der Waals surface area contributed by atoms with Crippen LogP contribution in [0.5, 0.6) is 0 Å². The van der Waals surface area contributed by atoms with Crippen molar-refractivity contribution in [2.75, 3.05) is 26.2 Å². The topological polar surface area (TPSA) is 190 Å². The van der Waals surface area contributed by atoms with Gasteiger partial charge >= 0.3 is 18.2 Å². The third kappa shape index (κ3) is 23.4. The first kappa shape index (κ1) is 56.2. The molecule has 2 unspecified atom stereocenters. The number of esters is 1. The number of nitrogens with one attached hydrogen (secondary N) is 5. The molecule has 0 radical (unpaired) electrons. The van der Waals surface area contributed by atoms with Crippen LogP contribution in [0.2, 0.25) is 0 Å². The van der Waals surface area contributed by atoms with Crippen molar-refractivity contribution in [2.24, 2.45) is 0 Å². The maximum atomic E-state index is 14.1. The zero-order valence-corrected chi connectivity index (χ0v) is 41.8. The number of ether oxygens (including phenoxy) is 3. The van der Waals surface area contributed by atoms with Crippen LogP contribution >= 0.6 is 0 Å². The second-order valence-electron chi connectivity index (χ2n) is 19.8. The van der Waals surface area contributed by atoms with Gasteiger partial charge in [0.25, 0.3) is 0 Å². The highest BCUT2D eigenvalue weighted by Gasteiger charge is 2.31. The molecule has 0 spiro atoms. The minimum absolute atomic E-state index is 0.0251. The van der Waals surface area contributed by atoms with E-state index in [9.17, 15) is 28.8 Å². The highest BCUT2D eigenvalue weighted by molar-refractivity contribution is 5.91. The van der Waals surface area contributed by atoms with E-state index in [1.807, 2.05) is 48.5 Å². The van der Waals surface area contributed by atoms with Crippen molar-refractivity contribution in [3.63, 3.8) is 0 Å². The SMILES string of the molecule is CCCCCCCCCCCC(=O)NCCCCCCNC(=O)C(CCC(=O)OC(C)(C)C)NC(=O)C(CCCCNC(=O)OC(C)(C)C)NC(=O)OCC1c2ccccc2-c2ccccc21. The summed E-state index contributed by atoms with van der Waals surface area (Å²) in [6, 6.07) is 13.8. The van der Waals surface area contributed by atoms with Gasteiger partial charge in [-0.25, -0.2) is 9.59 Å². The van der Waals surface area contributed by atoms with Gasteiger partial charge in [-0.1, -0.05) is 120 Å². The maximum Gasteiger partial charge on any atom is 0.407 e. The number of hydrogen-bond donors (Lipinski definition) is 5. The lowest BCUT2D eigenvalue weighted by atomic mass is 9.98. The van der Waals surface area contributed by atoms with Crippen LogP contribution in [-0.2, 0) is 33.4 Å². The summed E-state index contributed by atoms with van der Waals surface area (Å²) in [4.78, 5) is 78.4. The third-order valence-electron chi connectivity index (χ3n) is 11.5. The van der Waals surface area contributed by atoms with Crippen LogP contribution in [0.1, 0.15) is 188 Å². The molecule has 3 rings (SSSR count). The van der Waals surface area contributed by atoms with E-state index in [1.165, 1.54) is 44.9 Å². The number of fused-ring (bicyclic) bond motifs is 3. The number of rotatable bonds is 31. The lowest BCUT2D eigenvalue weighted by Gasteiger charge is -2.24. The summed E-state index contributed by atoms with van der Waals surface area (Å²) >= 11 is 0. The molecule has 0 saturated carbocycles. The number of benzene rings is 2. The van der Waals surface area contributed by atoms with Gasteiger partial charge in [-0.15, -0.1) is 0 Å². The predicted octanol–water partition coefficient (Wildman–Crippen LogP) is 9.91. The van der Waals surface area contributed by atoms with Gasteiger partial charge in [-0.2, -0.15) is 0 Å². The van der Waals surface area contributed by atoms with Crippen molar-refractivity contribution in [2.45, 2.75) is 200 Å². The molecule has 2 aromatic carbocycles. The smallest absolute Gasteiger partial charge is 0.407 e. The van der Waals surface area contributed by atoms with Crippen LogP contribution in [0, 0.1) is 0 Å². The molecule has 2 aromatic rings. The fraction of sp³-hybridized carbons (Fsp3) is 0.660. The second kappa shape index (κ2) is 30.3. The monoisotopic (exact) mass is 934 g/mol. The molecular formula is C53H83N5O9. The summed E-state index contributed by atoms with van der Waals surface area (Å²) in [6.45, 7) is 14.1. The number of hydrogen-bond acceptors (Lipinski definition) is 9. The van der Waals surface area contributed by atoms with E-state index in [1.54, 1.807) is 41.5 Å². The van der Waals surface area contributed by atoms with E-state index in [-0.39, 0.29) is 44.2 Å². The molecule has 5 N–H and O–H groups in total.